The molecule has 6 heteroatoms. The zero-order valence-corrected chi connectivity index (χ0v) is 11.2. The van der Waals surface area contributed by atoms with Gasteiger partial charge in [-0.1, -0.05) is 6.92 Å². The summed E-state index contributed by atoms with van der Waals surface area (Å²) in [5.74, 6) is 1.01. The molecule has 6 nitrogen and oxygen atoms in total. The molecule has 0 radical (unpaired) electrons. The Labute approximate surface area is 107 Å². The third-order valence-corrected chi connectivity index (χ3v) is 3.08. The van der Waals surface area contributed by atoms with Gasteiger partial charge in [0.15, 0.2) is 0 Å². The average molecular weight is 248 g/mol. The zero-order valence-electron chi connectivity index (χ0n) is 11.2. The van der Waals surface area contributed by atoms with Crippen LogP contribution in [0.5, 0.6) is 0 Å². The number of likely N-dealkylation sites (N-methyl/N-ethyl adjacent to an activating group) is 1. The summed E-state index contributed by atoms with van der Waals surface area (Å²) < 4.78 is 3.86. The minimum absolute atomic E-state index is 0.206. The number of hydrogen-bond donors (Lipinski definition) is 1. The van der Waals surface area contributed by atoms with Crippen molar-refractivity contribution in [3.05, 3.63) is 30.1 Å². The van der Waals surface area contributed by atoms with Crippen molar-refractivity contribution in [3.8, 4) is 0 Å². The lowest BCUT2D eigenvalue weighted by atomic mass is 10.1. The molecule has 2 aromatic rings. The van der Waals surface area contributed by atoms with Crippen LogP contribution in [-0.2, 0) is 20.0 Å². The first-order valence-electron chi connectivity index (χ1n) is 6.28. The van der Waals surface area contributed by atoms with Crippen molar-refractivity contribution in [1.29, 1.82) is 0 Å². The highest BCUT2D eigenvalue weighted by molar-refractivity contribution is 5.09. The maximum atomic E-state index is 4.34. The summed E-state index contributed by atoms with van der Waals surface area (Å²) in [5.41, 5.74) is 1.16. The van der Waals surface area contributed by atoms with E-state index in [1.54, 1.807) is 6.33 Å². The van der Waals surface area contributed by atoms with E-state index in [1.165, 1.54) is 0 Å². The fraction of sp³-hybridized carbons (Fsp3) is 0.583. The van der Waals surface area contributed by atoms with Crippen LogP contribution in [0.1, 0.15) is 30.9 Å². The molecule has 98 valence electrons. The van der Waals surface area contributed by atoms with Crippen LogP contribution in [-0.4, -0.2) is 31.6 Å². The van der Waals surface area contributed by atoms with Gasteiger partial charge in [0, 0.05) is 26.2 Å². The molecule has 0 spiro atoms. The van der Waals surface area contributed by atoms with Gasteiger partial charge in [-0.2, -0.15) is 10.2 Å². The van der Waals surface area contributed by atoms with E-state index < -0.39 is 0 Å². The van der Waals surface area contributed by atoms with Crippen LogP contribution in [0.25, 0.3) is 0 Å². The van der Waals surface area contributed by atoms with Gasteiger partial charge in [0.25, 0.3) is 0 Å². The summed E-state index contributed by atoms with van der Waals surface area (Å²) in [6, 6.07) is 2.24. The van der Waals surface area contributed by atoms with Crippen molar-refractivity contribution >= 4 is 0 Å². The second-order valence-corrected chi connectivity index (χ2v) is 4.32. The third-order valence-electron chi connectivity index (χ3n) is 3.08. The standard InChI is InChI=1S/C12H20N6/c1-4-7-18-12(14-9-16-18)8-10(13-2)11-5-6-15-17(11)3/h5-6,9-10,13H,4,7-8H2,1-3H3. The summed E-state index contributed by atoms with van der Waals surface area (Å²) >= 11 is 0. The molecule has 0 saturated carbocycles. The van der Waals surface area contributed by atoms with Gasteiger partial charge < -0.3 is 5.32 Å². The molecule has 18 heavy (non-hydrogen) atoms. The predicted molar refractivity (Wildman–Crippen MR) is 69.0 cm³/mol. The molecular formula is C12H20N6. The number of aromatic nitrogens is 5. The van der Waals surface area contributed by atoms with E-state index in [2.05, 4.69) is 27.4 Å². The highest BCUT2D eigenvalue weighted by Gasteiger charge is 2.16. The maximum Gasteiger partial charge on any atom is 0.138 e. The summed E-state index contributed by atoms with van der Waals surface area (Å²) in [6.07, 6.45) is 5.32. The molecule has 2 heterocycles. The number of nitrogens with one attached hydrogen (secondary N) is 1. The zero-order chi connectivity index (χ0) is 13.0. The Kier molecular flexibility index (Phi) is 4.09. The van der Waals surface area contributed by atoms with Gasteiger partial charge in [-0.3, -0.25) is 9.36 Å². The lowest BCUT2D eigenvalue weighted by molar-refractivity contribution is 0.493. The molecule has 0 bridgehead atoms. The monoisotopic (exact) mass is 248 g/mol. The van der Waals surface area contributed by atoms with E-state index >= 15 is 0 Å². The number of nitrogens with zero attached hydrogens (tertiary/aromatic N) is 5. The minimum atomic E-state index is 0.206. The molecule has 0 aliphatic carbocycles. The predicted octanol–water partition coefficient (Wildman–Crippen LogP) is 0.925. The first-order valence-corrected chi connectivity index (χ1v) is 6.28. The van der Waals surface area contributed by atoms with Crippen molar-refractivity contribution < 1.29 is 0 Å². The molecule has 0 fully saturated rings. The molecule has 2 aromatic heterocycles. The van der Waals surface area contributed by atoms with Crippen LogP contribution in [0.15, 0.2) is 18.6 Å². The summed E-state index contributed by atoms with van der Waals surface area (Å²) in [7, 11) is 3.91. The summed E-state index contributed by atoms with van der Waals surface area (Å²) in [4.78, 5) is 4.34. The molecule has 0 saturated heterocycles. The largest absolute Gasteiger partial charge is 0.311 e. The van der Waals surface area contributed by atoms with Crippen LogP contribution in [0.2, 0.25) is 0 Å². The van der Waals surface area contributed by atoms with Gasteiger partial charge >= 0.3 is 0 Å². The molecule has 0 amide bonds. The molecular weight excluding hydrogens is 228 g/mol. The Balaban J connectivity index is 2.15. The Morgan fingerprint density at radius 2 is 2.22 bits per heavy atom. The van der Waals surface area contributed by atoms with E-state index in [4.69, 9.17) is 0 Å². The van der Waals surface area contributed by atoms with Gasteiger partial charge in [-0.15, -0.1) is 0 Å². The topological polar surface area (TPSA) is 60.6 Å². The maximum absolute atomic E-state index is 4.34. The van der Waals surface area contributed by atoms with Gasteiger partial charge in [-0.25, -0.2) is 4.98 Å². The van der Waals surface area contributed by atoms with E-state index in [9.17, 15) is 0 Å². The smallest absolute Gasteiger partial charge is 0.138 e. The highest BCUT2D eigenvalue weighted by Crippen LogP contribution is 2.16. The van der Waals surface area contributed by atoms with Gasteiger partial charge in [0.2, 0.25) is 0 Å². The van der Waals surface area contributed by atoms with Crippen molar-refractivity contribution in [2.75, 3.05) is 7.05 Å². The lowest BCUT2D eigenvalue weighted by Crippen LogP contribution is -2.23. The quantitative estimate of drug-likeness (QED) is 0.826. The van der Waals surface area contributed by atoms with Crippen molar-refractivity contribution in [2.24, 2.45) is 7.05 Å². The molecule has 1 unspecified atom stereocenters. The fourth-order valence-electron chi connectivity index (χ4n) is 2.11. The number of rotatable bonds is 6. The highest BCUT2D eigenvalue weighted by atomic mass is 15.3. The summed E-state index contributed by atoms with van der Waals surface area (Å²) in [6.45, 7) is 3.05. The van der Waals surface area contributed by atoms with Gasteiger partial charge in [0.05, 0.1) is 11.7 Å². The molecule has 0 aromatic carbocycles. The van der Waals surface area contributed by atoms with Crippen LogP contribution in [0.4, 0.5) is 0 Å². The first kappa shape index (κ1) is 12.8. The van der Waals surface area contributed by atoms with E-state index in [0.717, 1.165) is 30.9 Å². The summed E-state index contributed by atoms with van der Waals surface area (Å²) in [5, 5.41) is 11.8. The van der Waals surface area contributed by atoms with Crippen LogP contribution >= 0.6 is 0 Å². The van der Waals surface area contributed by atoms with Crippen LogP contribution in [0, 0.1) is 0 Å². The van der Waals surface area contributed by atoms with E-state index in [1.807, 2.05) is 35.7 Å². The van der Waals surface area contributed by atoms with Crippen LogP contribution in [0.3, 0.4) is 0 Å². The SMILES string of the molecule is CCCn1ncnc1CC(NC)c1ccnn1C. The molecule has 1 atom stereocenters. The number of hydrogen-bond acceptors (Lipinski definition) is 4. The second kappa shape index (κ2) is 5.77. The van der Waals surface area contributed by atoms with Gasteiger partial charge in [-0.05, 0) is 19.5 Å². The Morgan fingerprint density at radius 1 is 1.39 bits per heavy atom. The van der Waals surface area contributed by atoms with Crippen molar-refractivity contribution in [2.45, 2.75) is 32.4 Å². The minimum Gasteiger partial charge on any atom is -0.311 e. The number of aryl methyl sites for hydroxylation is 2. The van der Waals surface area contributed by atoms with Crippen LogP contribution < -0.4 is 5.32 Å². The third kappa shape index (κ3) is 2.59. The Hall–Kier alpha value is -1.69. The van der Waals surface area contributed by atoms with Crippen molar-refractivity contribution in [3.63, 3.8) is 0 Å². The normalized spacial score (nSPS) is 12.8. The van der Waals surface area contributed by atoms with Gasteiger partial charge in [0.1, 0.15) is 12.2 Å². The molecule has 0 aliphatic heterocycles. The average Bonchev–Trinajstić information content (AvgIpc) is 2.96. The molecule has 1 N–H and O–H groups in total. The van der Waals surface area contributed by atoms with Crippen molar-refractivity contribution in [1.82, 2.24) is 29.9 Å². The Bertz CT molecular complexity index is 486. The van der Waals surface area contributed by atoms with E-state index in [0.29, 0.717) is 0 Å². The lowest BCUT2D eigenvalue weighted by Gasteiger charge is -2.16. The second-order valence-electron chi connectivity index (χ2n) is 4.32. The Morgan fingerprint density at radius 3 is 2.83 bits per heavy atom. The first-order chi connectivity index (χ1) is 8.76. The van der Waals surface area contributed by atoms with E-state index in [-0.39, 0.29) is 6.04 Å². The fourth-order valence-corrected chi connectivity index (χ4v) is 2.11. The molecule has 2 rings (SSSR count). The molecule has 0 aliphatic rings.